The van der Waals surface area contributed by atoms with Crippen LogP contribution >= 0.6 is 0 Å². The van der Waals surface area contributed by atoms with Crippen molar-refractivity contribution in [3.63, 3.8) is 0 Å². The minimum atomic E-state index is 0.0578. The molecule has 1 atom stereocenters. The van der Waals surface area contributed by atoms with Crippen LogP contribution in [0, 0.1) is 0 Å². The van der Waals surface area contributed by atoms with Gasteiger partial charge in [-0.3, -0.25) is 11.3 Å². The zero-order valence-corrected chi connectivity index (χ0v) is 6.63. The second-order valence-electron chi connectivity index (χ2n) is 2.39. The molecule has 0 amide bonds. The molecule has 1 unspecified atom stereocenters. The summed E-state index contributed by atoms with van der Waals surface area (Å²) in [6.45, 7) is 8.13. The van der Waals surface area contributed by atoms with Crippen LogP contribution in [0.5, 0.6) is 0 Å². The zero-order valence-electron chi connectivity index (χ0n) is 6.63. The first kappa shape index (κ1) is 9.62. The molecular formula is C7H16N2O. The van der Waals surface area contributed by atoms with Gasteiger partial charge in [-0.05, 0) is 13.8 Å². The summed E-state index contributed by atoms with van der Waals surface area (Å²) in [5.74, 6) is 5.17. The quantitative estimate of drug-likeness (QED) is 0.334. The van der Waals surface area contributed by atoms with E-state index in [1.54, 1.807) is 6.08 Å². The van der Waals surface area contributed by atoms with Crippen molar-refractivity contribution in [1.29, 1.82) is 0 Å². The number of hydrogen-bond acceptors (Lipinski definition) is 3. The molecule has 3 N–H and O–H groups in total. The highest BCUT2D eigenvalue weighted by Gasteiger charge is 2.01. The van der Waals surface area contributed by atoms with Gasteiger partial charge in [0.2, 0.25) is 0 Å². The van der Waals surface area contributed by atoms with E-state index in [1.165, 1.54) is 0 Å². The Kier molecular flexibility index (Phi) is 5.20. The van der Waals surface area contributed by atoms with Gasteiger partial charge in [0, 0.05) is 0 Å². The van der Waals surface area contributed by atoms with Crippen LogP contribution in [0.1, 0.15) is 13.8 Å². The summed E-state index contributed by atoms with van der Waals surface area (Å²) in [6, 6.07) is 0.0578. The summed E-state index contributed by atoms with van der Waals surface area (Å²) in [6.07, 6.45) is 1.97. The van der Waals surface area contributed by atoms with Crippen molar-refractivity contribution in [3.05, 3.63) is 12.7 Å². The fourth-order valence-corrected chi connectivity index (χ4v) is 0.480. The van der Waals surface area contributed by atoms with Gasteiger partial charge in [-0.15, -0.1) is 6.58 Å². The lowest BCUT2D eigenvalue weighted by molar-refractivity contribution is 0.0695. The summed E-state index contributed by atoms with van der Waals surface area (Å²) in [5.41, 5.74) is 2.56. The minimum absolute atomic E-state index is 0.0578. The number of hydrogen-bond donors (Lipinski definition) is 2. The maximum absolute atomic E-state index is 5.27. The molecule has 60 valence electrons. The lowest BCUT2D eigenvalue weighted by atomic mass is 10.3. The summed E-state index contributed by atoms with van der Waals surface area (Å²) in [7, 11) is 0. The molecule has 0 aromatic carbocycles. The van der Waals surface area contributed by atoms with Crippen molar-refractivity contribution in [2.24, 2.45) is 5.84 Å². The normalized spacial score (nSPS) is 13.6. The lowest BCUT2D eigenvalue weighted by Crippen LogP contribution is -2.37. The maximum atomic E-state index is 5.27. The molecule has 0 heterocycles. The Labute approximate surface area is 62.2 Å². The molecule has 10 heavy (non-hydrogen) atoms. The number of hydrazine groups is 1. The number of nitrogens with two attached hydrogens (primary N) is 1. The van der Waals surface area contributed by atoms with Crippen molar-refractivity contribution < 1.29 is 4.74 Å². The van der Waals surface area contributed by atoms with E-state index < -0.39 is 0 Å². The third-order valence-electron chi connectivity index (χ3n) is 1.11. The van der Waals surface area contributed by atoms with Gasteiger partial charge in [0.15, 0.2) is 0 Å². The molecule has 0 aliphatic heterocycles. The second-order valence-corrected chi connectivity index (χ2v) is 2.39. The van der Waals surface area contributed by atoms with Gasteiger partial charge >= 0.3 is 0 Å². The SMILES string of the molecule is C=CC(COC(C)C)NN. The third kappa shape index (κ3) is 4.49. The largest absolute Gasteiger partial charge is 0.377 e. The molecule has 0 radical (unpaired) electrons. The zero-order chi connectivity index (χ0) is 7.98. The van der Waals surface area contributed by atoms with Crippen LogP contribution in [0.3, 0.4) is 0 Å². The van der Waals surface area contributed by atoms with Gasteiger partial charge in [0.1, 0.15) is 0 Å². The molecule has 0 saturated heterocycles. The van der Waals surface area contributed by atoms with E-state index in [9.17, 15) is 0 Å². The topological polar surface area (TPSA) is 47.3 Å². The lowest BCUT2D eigenvalue weighted by Gasteiger charge is -2.13. The average molecular weight is 144 g/mol. The molecular weight excluding hydrogens is 128 g/mol. The highest BCUT2D eigenvalue weighted by molar-refractivity contribution is 4.83. The van der Waals surface area contributed by atoms with E-state index in [2.05, 4.69) is 12.0 Å². The first-order valence-corrected chi connectivity index (χ1v) is 3.41. The first-order chi connectivity index (χ1) is 4.70. The van der Waals surface area contributed by atoms with Crippen molar-refractivity contribution in [1.82, 2.24) is 5.43 Å². The van der Waals surface area contributed by atoms with Crippen molar-refractivity contribution in [2.75, 3.05) is 6.61 Å². The van der Waals surface area contributed by atoms with Crippen molar-refractivity contribution >= 4 is 0 Å². The predicted octanol–water partition coefficient (Wildman–Crippen LogP) is 0.429. The van der Waals surface area contributed by atoms with Gasteiger partial charge in [-0.1, -0.05) is 6.08 Å². The fourth-order valence-electron chi connectivity index (χ4n) is 0.480. The molecule has 0 spiro atoms. The van der Waals surface area contributed by atoms with E-state index in [0.717, 1.165) is 0 Å². The summed E-state index contributed by atoms with van der Waals surface area (Å²) >= 11 is 0. The monoisotopic (exact) mass is 144 g/mol. The summed E-state index contributed by atoms with van der Waals surface area (Å²) in [5, 5.41) is 0. The fraction of sp³-hybridized carbons (Fsp3) is 0.714. The number of rotatable bonds is 5. The molecule has 3 heteroatoms. The van der Waals surface area contributed by atoms with Gasteiger partial charge in [0.25, 0.3) is 0 Å². The maximum Gasteiger partial charge on any atom is 0.0671 e. The Morgan fingerprint density at radius 1 is 1.70 bits per heavy atom. The third-order valence-corrected chi connectivity index (χ3v) is 1.11. The van der Waals surface area contributed by atoms with E-state index in [1.807, 2.05) is 13.8 Å². The Morgan fingerprint density at radius 2 is 2.30 bits per heavy atom. The molecule has 0 aromatic heterocycles. The standard InChI is InChI=1S/C7H16N2O/c1-4-7(9-8)5-10-6(2)3/h4,6-7,9H,1,5,8H2,2-3H3. The molecule has 0 fully saturated rings. The smallest absolute Gasteiger partial charge is 0.0671 e. The minimum Gasteiger partial charge on any atom is -0.377 e. The molecule has 0 aliphatic carbocycles. The molecule has 3 nitrogen and oxygen atoms in total. The van der Waals surface area contributed by atoms with Crippen LogP contribution in [0.4, 0.5) is 0 Å². The molecule has 0 bridgehead atoms. The molecule has 0 aliphatic rings. The van der Waals surface area contributed by atoms with Crippen LogP contribution < -0.4 is 11.3 Å². The second kappa shape index (κ2) is 5.41. The van der Waals surface area contributed by atoms with E-state index in [-0.39, 0.29) is 12.1 Å². The first-order valence-electron chi connectivity index (χ1n) is 3.41. The van der Waals surface area contributed by atoms with Gasteiger partial charge in [-0.2, -0.15) is 0 Å². The van der Waals surface area contributed by atoms with Crippen LogP contribution in [0.2, 0.25) is 0 Å². The van der Waals surface area contributed by atoms with E-state index >= 15 is 0 Å². The predicted molar refractivity (Wildman–Crippen MR) is 42.4 cm³/mol. The van der Waals surface area contributed by atoms with Gasteiger partial charge in [0.05, 0.1) is 18.8 Å². The molecule has 0 saturated carbocycles. The Balaban J connectivity index is 3.34. The highest BCUT2D eigenvalue weighted by atomic mass is 16.5. The van der Waals surface area contributed by atoms with Crippen molar-refractivity contribution in [2.45, 2.75) is 26.0 Å². The van der Waals surface area contributed by atoms with Gasteiger partial charge < -0.3 is 4.74 Å². The van der Waals surface area contributed by atoms with Crippen molar-refractivity contribution in [3.8, 4) is 0 Å². The molecule has 0 rings (SSSR count). The van der Waals surface area contributed by atoms with Crippen LogP contribution in [0.25, 0.3) is 0 Å². The van der Waals surface area contributed by atoms with Gasteiger partial charge in [-0.25, -0.2) is 0 Å². The van der Waals surface area contributed by atoms with E-state index in [0.29, 0.717) is 6.61 Å². The highest BCUT2D eigenvalue weighted by Crippen LogP contribution is 1.90. The summed E-state index contributed by atoms with van der Waals surface area (Å²) < 4.78 is 5.27. The van der Waals surface area contributed by atoms with Crippen LogP contribution in [-0.4, -0.2) is 18.8 Å². The number of nitrogens with one attached hydrogen (secondary N) is 1. The summed E-state index contributed by atoms with van der Waals surface area (Å²) in [4.78, 5) is 0. The molecule has 0 aromatic rings. The Hall–Kier alpha value is -0.380. The number of ether oxygens (including phenoxy) is 1. The van der Waals surface area contributed by atoms with Crippen LogP contribution in [-0.2, 0) is 4.74 Å². The Bertz CT molecular complexity index is 93.6. The van der Waals surface area contributed by atoms with E-state index in [4.69, 9.17) is 10.6 Å². The Morgan fingerprint density at radius 3 is 2.60 bits per heavy atom. The average Bonchev–Trinajstić information content (AvgIpc) is 1.90. The van der Waals surface area contributed by atoms with Crippen LogP contribution in [0.15, 0.2) is 12.7 Å².